The van der Waals surface area contributed by atoms with Gasteiger partial charge in [0.1, 0.15) is 0 Å². The molecule has 2 nitrogen and oxygen atoms in total. The first-order chi connectivity index (χ1) is 13.3. The number of hydrogen-bond donors (Lipinski definition) is 0. The highest BCUT2D eigenvalue weighted by molar-refractivity contribution is 5.75. The van der Waals surface area contributed by atoms with Gasteiger partial charge in [0.15, 0.2) is 0 Å². The number of fused-ring (bicyclic) bond motifs is 1. The van der Waals surface area contributed by atoms with Gasteiger partial charge in [-0.3, -0.25) is 0 Å². The summed E-state index contributed by atoms with van der Waals surface area (Å²) in [6.07, 6.45) is 24.3. The maximum absolute atomic E-state index is 2.41. The minimum absolute atomic E-state index is 1.14. The Balaban J connectivity index is 1.43. The standard InChI is InChI=1S/C25H42N2/c1-3-4-5-6-7-8-9-10-11-12-13-14-15-18-21-27-23-22-26(2)24-19-16-17-20-25(24)27/h16-17,19-20,22-23H,3-15,18,21H2,1-2H3. The molecule has 1 aromatic carbocycles. The van der Waals surface area contributed by atoms with Crippen LogP contribution < -0.4 is 9.80 Å². The largest absolute Gasteiger partial charge is 0.348 e. The topological polar surface area (TPSA) is 6.48 Å². The number of anilines is 2. The van der Waals surface area contributed by atoms with Crippen molar-refractivity contribution in [3.63, 3.8) is 0 Å². The number of benzene rings is 1. The summed E-state index contributed by atoms with van der Waals surface area (Å²) in [5.74, 6) is 0. The highest BCUT2D eigenvalue weighted by Crippen LogP contribution is 2.32. The van der Waals surface area contributed by atoms with Crippen molar-refractivity contribution in [2.75, 3.05) is 23.4 Å². The molecular formula is C25H42N2. The van der Waals surface area contributed by atoms with Crippen molar-refractivity contribution in [2.24, 2.45) is 0 Å². The van der Waals surface area contributed by atoms with E-state index in [1.807, 2.05) is 0 Å². The van der Waals surface area contributed by atoms with Crippen LogP contribution in [0.3, 0.4) is 0 Å². The molecule has 1 aliphatic heterocycles. The van der Waals surface area contributed by atoms with E-state index in [2.05, 4.69) is 60.4 Å². The molecule has 0 saturated carbocycles. The van der Waals surface area contributed by atoms with Gasteiger partial charge in [0.25, 0.3) is 0 Å². The van der Waals surface area contributed by atoms with Crippen LogP contribution in [0, 0.1) is 0 Å². The van der Waals surface area contributed by atoms with Crippen LogP contribution in [0.1, 0.15) is 96.8 Å². The minimum atomic E-state index is 1.14. The van der Waals surface area contributed by atoms with Gasteiger partial charge in [0.2, 0.25) is 0 Å². The van der Waals surface area contributed by atoms with Crippen LogP contribution in [-0.2, 0) is 0 Å². The summed E-state index contributed by atoms with van der Waals surface area (Å²) in [4.78, 5) is 4.62. The highest BCUT2D eigenvalue weighted by atomic mass is 15.2. The molecule has 27 heavy (non-hydrogen) atoms. The lowest BCUT2D eigenvalue weighted by molar-refractivity contribution is 0.536. The van der Waals surface area contributed by atoms with Gasteiger partial charge in [-0.1, -0.05) is 103 Å². The van der Waals surface area contributed by atoms with Crippen molar-refractivity contribution in [1.29, 1.82) is 0 Å². The predicted molar refractivity (Wildman–Crippen MR) is 122 cm³/mol. The highest BCUT2D eigenvalue weighted by Gasteiger charge is 2.14. The smallest absolute Gasteiger partial charge is 0.0647 e. The zero-order chi connectivity index (χ0) is 19.2. The van der Waals surface area contributed by atoms with Crippen molar-refractivity contribution in [3.05, 3.63) is 36.7 Å². The van der Waals surface area contributed by atoms with E-state index < -0.39 is 0 Å². The second-order valence-corrected chi connectivity index (χ2v) is 8.19. The molecule has 2 rings (SSSR count). The second kappa shape index (κ2) is 13.7. The first-order valence-corrected chi connectivity index (χ1v) is 11.6. The van der Waals surface area contributed by atoms with Crippen molar-refractivity contribution >= 4 is 11.4 Å². The summed E-state index contributed by atoms with van der Waals surface area (Å²) in [5, 5.41) is 0. The van der Waals surface area contributed by atoms with Gasteiger partial charge in [0.05, 0.1) is 11.4 Å². The quantitative estimate of drug-likeness (QED) is 0.289. The Morgan fingerprint density at radius 3 is 1.63 bits per heavy atom. The molecule has 0 saturated heterocycles. The maximum Gasteiger partial charge on any atom is 0.0647 e. The predicted octanol–water partition coefficient (Wildman–Crippen LogP) is 7.90. The van der Waals surface area contributed by atoms with E-state index in [4.69, 9.17) is 0 Å². The Morgan fingerprint density at radius 2 is 1.07 bits per heavy atom. The first kappa shape index (κ1) is 21.9. The maximum atomic E-state index is 2.41. The van der Waals surface area contributed by atoms with Gasteiger partial charge >= 0.3 is 0 Å². The fraction of sp³-hybridized carbons (Fsp3) is 0.680. The number of hydrogen-bond acceptors (Lipinski definition) is 2. The molecule has 1 aromatic rings. The SMILES string of the molecule is CCCCCCCCCCCCCCCCN1C=CN(C)c2ccccc21. The summed E-state index contributed by atoms with van der Waals surface area (Å²) in [7, 11) is 2.12. The van der Waals surface area contributed by atoms with Crippen LogP contribution in [-0.4, -0.2) is 13.6 Å². The van der Waals surface area contributed by atoms with Crippen molar-refractivity contribution < 1.29 is 0 Å². The zero-order valence-electron chi connectivity index (χ0n) is 18.0. The molecule has 0 radical (unpaired) electrons. The van der Waals surface area contributed by atoms with E-state index in [9.17, 15) is 0 Å². The van der Waals surface area contributed by atoms with Crippen LogP contribution in [0.4, 0.5) is 11.4 Å². The van der Waals surface area contributed by atoms with Gasteiger partial charge < -0.3 is 9.80 Å². The first-order valence-electron chi connectivity index (χ1n) is 11.6. The van der Waals surface area contributed by atoms with Gasteiger partial charge in [-0.25, -0.2) is 0 Å². The van der Waals surface area contributed by atoms with Gasteiger partial charge in [-0.15, -0.1) is 0 Å². The fourth-order valence-electron chi connectivity index (χ4n) is 4.02. The van der Waals surface area contributed by atoms with Crippen LogP contribution in [0.25, 0.3) is 0 Å². The molecule has 1 heterocycles. The molecule has 152 valence electrons. The van der Waals surface area contributed by atoms with Crippen molar-refractivity contribution in [3.8, 4) is 0 Å². The molecule has 1 aliphatic rings. The molecule has 0 aromatic heterocycles. The van der Waals surface area contributed by atoms with E-state index in [-0.39, 0.29) is 0 Å². The summed E-state index contributed by atoms with van der Waals surface area (Å²) >= 11 is 0. The Labute approximate surface area is 168 Å². The summed E-state index contributed by atoms with van der Waals surface area (Å²) in [6, 6.07) is 8.71. The fourth-order valence-corrected chi connectivity index (χ4v) is 4.02. The Hall–Kier alpha value is -1.44. The number of nitrogens with zero attached hydrogens (tertiary/aromatic N) is 2. The van der Waals surface area contributed by atoms with Crippen LogP contribution in [0.2, 0.25) is 0 Å². The monoisotopic (exact) mass is 370 g/mol. The third-order valence-corrected chi connectivity index (χ3v) is 5.79. The summed E-state index contributed by atoms with van der Waals surface area (Å²) in [6.45, 7) is 3.43. The van der Waals surface area contributed by atoms with Crippen LogP contribution in [0.5, 0.6) is 0 Å². The average molecular weight is 371 g/mol. The molecule has 0 bridgehead atoms. The van der Waals surface area contributed by atoms with E-state index in [0.717, 1.165) is 6.54 Å². The molecule has 0 aliphatic carbocycles. The minimum Gasteiger partial charge on any atom is -0.348 e. The molecule has 0 spiro atoms. The molecule has 2 heteroatoms. The molecule has 0 fully saturated rings. The Bertz CT molecular complexity index is 523. The van der Waals surface area contributed by atoms with Gasteiger partial charge in [-0.2, -0.15) is 0 Å². The van der Waals surface area contributed by atoms with Crippen LogP contribution >= 0.6 is 0 Å². The number of para-hydroxylation sites is 2. The van der Waals surface area contributed by atoms with Gasteiger partial charge in [-0.05, 0) is 18.6 Å². The molecule has 0 unspecified atom stereocenters. The van der Waals surface area contributed by atoms with Crippen molar-refractivity contribution in [1.82, 2.24) is 0 Å². The number of rotatable bonds is 15. The lowest BCUT2D eigenvalue weighted by Crippen LogP contribution is -2.25. The lowest BCUT2D eigenvalue weighted by atomic mass is 10.0. The second-order valence-electron chi connectivity index (χ2n) is 8.19. The van der Waals surface area contributed by atoms with Gasteiger partial charge in [0, 0.05) is 26.0 Å². The summed E-state index contributed by atoms with van der Waals surface area (Å²) < 4.78 is 0. The molecular weight excluding hydrogens is 328 g/mol. The zero-order valence-corrected chi connectivity index (χ0v) is 18.0. The normalized spacial score (nSPS) is 13.3. The molecule has 0 amide bonds. The van der Waals surface area contributed by atoms with E-state index >= 15 is 0 Å². The average Bonchev–Trinajstić information content (AvgIpc) is 2.70. The van der Waals surface area contributed by atoms with Crippen molar-refractivity contribution in [2.45, 2.75) is 96.8 Å². The Kier molecular flexibility index (Phi) is 11.1. The lowest BCUT2D eigenvalue weighted by Gasteiger charge is -2.31. The Morgan fingerprint density at radius 1 is 0.593 bits per heavy atom. The van der Waals surface area contributed by atoms with E-state index in [1.54, 1.807) is 0 Å². The molecule has 0 N–H and O–H groups in total. The third kappa shape index (κ3) is 8.41. The van der Waals surface area contributed by atoms with E-state index in [0.29, 0.717) is 0 Å². The van der Waals surface area contributed by atoms with E-state index in [1.165, 1.54) is 101 Å². The van der Waals surface area contributed by atoms with Crippen LogP contribution in [0.15, 0.2) is 36.7 Å². The molecule has 0 atom stereocenters. The summed E-state index contributed by atoms with van der Waals surface area (Å²) in [5.41, 5.74) is 2.66. The number of unbranched alkanes of at least 4 members (excludes halogenated alkanes) is 13. The third-order valence-electron chi connectivity index (χ3n) is 5.79.